The molecule has 27 heavy (non-hydrogen) atoms. The molecule has 0 aromatic heterocycles. The summed E-state index contributed by atoms with van der Waals surface area (Å²) >= 11 is 1.95. The molecule has 1 heterocycles. The van der Waals surface area contributed by atoms with Crippen LogP contribution in [0.5, 0.6) is 0 Å². The summed E-state index contributed by atoms with van der Waals surface area (Å²) in [7, 11) is 0. The van der Waals surface area contributed by atoms with Crippen molar-refractivity contribution in [2.75, 3.05) is 5.75 Å². The zero-order valence-corrected chi connectivity index (χ0v) is 15.4. The second-order valence-electron chi connectivity index (χ2n) is 6.89. The first kappa shape index (κ1) is 16.3. The van der Waals surface area contributed by atoms with Gasteiger partial charge in [0.2, 0.25) is 0 Å². The lowest BCUT2D eigenvalue weighted by Crippen LogP contribution is -2.31. The van der Waals surface area contributed by atoms with Crippen molar-refractivity contribution in [1.29, 1.82) is 0 Å². The lowest BCUT2D eigenvalue weighted by Gasteiger charge is -2.40. The molecule has 132 valence electrons. The molecule has 5 rings (SSSR count). The van der Waals surface area contributed by atoms with E-state index in [4.69, 9.17) is 0 Å². The van der Waals surface area contributed by atoms with Gasteiger partial charge in [0, 0.05) is 23.8 Å². The average molecular weight is 371 g/mol. The van der Waals surface area contributed by atoms with Crippen molar-refractivity contribution in [3.05, 3.63) is 112 Å². The van der Waals surface area contributed by atoms with Gasteiger partial charge in [0.05, 0.1) is 9.67 Å². The minimum Gasteiger partial charge on any atom is -0.258 e. The first-order chi connectivity index (χ1) is 13.2. The third kappa shape index (κ3) is 2.30. The van der Waals surface area contributed by atoms with Gasteiger partial charge >= 0.3 is 0 Å². The van der Waals surface area contributed by atoms with Gasteiger partial charge in [0.15, 0.2) is 0 Å². The van der Waals surface area contributed by atoms with Gasteiger partial charge in [0.25, 0.3) is 5.69 Å². The third-order valence-electron chi connectivity index (χ3n) is 5.58. The summed E-state index contributed by atoms with van der Waals surface area (Å²) in [6.45, 7) is 0. The quantitative estimate of drug-likeness (QED) is 0.320. The molecule has 2 aliphatic rings. The number of non-ortho nitro benzene ring substituents is 1. The van der Waals surface area contributed by atoms with E-state index in [0.717, 1.165) is 11.3 Å². The van der Waals surface area contributed by atoms with Gasteiger partial charge in [-0.3, -0.25) is 10.1 Å². The van der Waals surface area contributed by atoms with E-state index in [2.05, 4.69) is 60.7 Å². The van der Waals surface area contributed by atoms with Gasteiger partial charge in [-0.1, -0.05) is 72.8 Å². The largest absolute Gasteiger partial charge is 0.269 e. The van der Waals surface area contributed by atoms with Gasteiger partial charge in [-0.2, -0.15) is 0 Å². The van der Waals surface area contributed by atoms with Crippen LogP contribution in [-0.4, -0.2) is 10.7 Å². The molecule has 0 N–H and O–H groups in total. The van der Waals surface area contributed by atoms with E-state index >= 15 is 0 Å². The van der Waals surface area contributed by atoms with Crippen LogP contribution in [0.15, 0.2) is 84.9 Å². The molecule has 3 aromatic rings. The fourth-order valence-electron chi connectivity index (χ4n) is 4.47. The minimum absolute atomic E-state index is 0.127. The number of benzene rings is 3. The average Bonchev–Trinajstić information content (AvgIpc) is 3.00. The third-order valence-corrected chi connectivity index (χ3v) is 7.09. The molecule has 1 unspecified atom stereocenters. The highest BCUT2D eigenvalue weighted by atomic mass is 32.2. The van der Waals surface area contributed by atoms with Crippen LogP contribution in [0.3, 0.4) is 0 Å². The van der Waals surface area contributed by atoms with Crippen molar-refractivity contribution in [2.45, 2.75) is 10.7 Å². The zero-order valence-electron chi connectivity index (χ0n) is 14.5. The van der Waals surface area contributed by atoms with Crippen LogP contribution >= 0.6 is 11.8 Å². The molecular formula is C23H17NO2S. The Balaban J connectivity index is 1.74. The highest BCUT2D eigenvalue weighted by molar-refractivity contribution is 8.00. The van der Waals surface area contributed by atoms with E-state index in [1.807, 2.05) is 23.9 Å². The number of nitro groups is 1. The van der Waals surface area contributed by atoms with Crippen molar-refractivity contribution in [3.63, 3.8) is 0 Å². The number of allylic oxidation sites excluding steroid dienone is 1. The predicted molar refractivity (Wildman–Crippen MR) is 110 cm³/mol. The van der Waals surface area contributed by atoms with E-state index in [1.54, 1.807) is 12.1 Å². The minimum atomic E-state index is -0.342. The van der Waals surface area contributed by atoms with E-state index in [1.165, 1.54) is 22.3 Å². The number of nitro benzene ring substituents is 1. The van der Waals surface area contributed by atoms with Crippen LogP contribution in [0.25, 0.3) is 11.1 Å². The molecule has 1 aliphatic carbocycles. The van der Waals surface area contributed by atoms with Crippen LogP contribution < -0.4 is 0 Å². The second-order valence-corrected chi connectivity index (χ2v) is 8.16. The predicted octanol–water partition coefficient (Wildman–Crippen LogP) is 5.91. The van der Waals surface area contributed by atoms with Crippen LogP contribution in [-0.2, 0) is 4.75 Å². The lowest BCUT2D eigenvalue weighted by molar-refractivity contribution is -0.384. The number of rotatable bonds is 2. The summed E-state index contributed by atoms with van der Waals surface area (Å²) in [5.41, 5.74) is 6.50. The molecule has 1 atom stereocenters. The van der Waals surface area contributed by atoms with Crippen molar-refractivity contribution in [2.24, 2.45) is 0 Å². The maximum Gasteiger partial charge on any atom is 0.269 e. The Kier molecular flexibility index (Phi) is 3.69. The maximum atomic E-state index is 11.1. The molecule has 0 saturated carbocycles. The van der Waals surface area contributed by atoms with Crippen LogP contribution in [0.1, 0.15) is 22.6 Å². The van der Waals surface area contributed by atoms with Gasteiger partial charge in [-0.05, 0) is 27.8 Å². The highest BCUT2D eigenvalue weighted by Crippen LogP contribution is 2.62. The summed E-state index contributed by atoms with van der Waals surface area (Å²) in [6.07, 6.45) is 4.49. The molecular weight excluding hydrogens is 354 g/mol. The second kappa shape index (κ2) is 6.10. The summed E-state index contributed by atoms with van der Waals surface area (Å²) in [5, 5.41) is 11.1. The molecule has 0 fully saturated rings. The lowest BCUT2D eigenvalue weighted by atomic mass is 9.78. The Morgan fingerprint density at radius 3 is 2.07 bits per heavy atom. The fraction of sp³-hybridized carbons (Fsp3) is 0.130. The smallest absolute Gasteiger partial charge is 0.258 e. The Morgan fingerprint density at radius 2 is 1.48 bits per heavy atom. The van der Waals surface area contributed by atoms with Crippen LogP contribution in [0.2, 0.25) is 0 Å². The summed E-state index contributed by atoms with van der Waals surface area (Å²) in [5.74, 6) is 1.08. The Bertz CT molecular complexity index is 1030. The molecule has 3 nitrogen and oxygen atoms in total. The maximum absolute atomic E-state index is 11.1. The summed E-state index contributed by atoms with van der Waals surface area (Å²) in [4.78, 5) is 10.7. The van der Waals surface area contributed by atoms with Crippen molar-refractivity contribution in [1.82, 2.24) is 0 Å². The molecule has 0 bridgehead atoms. The first-order valence-electron chi connectivity index (χ1n) is 8.96. The molecule has 0 amide bonds. The van der Waals surface area contributed by atoms with E-state index in [-0.39, 0.29) is 21.3 Å². The normalized spacial score (nSPS) is 18.9. The number of thioether (sulfide) groups is 1. The Morgan fingerprint density at radius 1 is 0.889 bits per heavy atom. The molecule has 4 heteroatoms. The summed E-state index contributed by atoms with van der Waals surface area (Å²) < 4.78 is -0.196. The number of fused-ring (bicyclic) bond motifs is 5. The number of hydrogen-bond donors (Lipinski definition) is 0. The van der Waals surface area contributed by atoms with Crippen molar-refractivity contribution >= 4 is 17.4 Å². The first-order valence-corrected chi connectivity index (χ1v) is 9.95. The van der Waals surface area contributed by atoms with Crippen LogP contribution in [0.4, 0.5) is 5.69 Å². The fourth-order valence-corrected chi connectivity index (χ4v) is 6.00. The molecule has 0 radical (unpaired) electrons. The number of hydrogen-bond acceptors (Lipinski definition) is 3. The van der Waals surface area contributed by atoms with E-state index < -0.39 is 0 Å². The highest BCUT2D eigenvalue weighted by Gasteiger charge is 2.49. The van der Waals surface area contributed by atoms with Crippen LogP contribution in [0, 0.1) is 10.1 Å². The SMILES string of the molecule is O=[N+]([O-])c1ccc(C2C=CCSC23c2ccccc2-c2ccccc23)cc1. The van der Waals surface area contributed by atoms with E-state index in [0.29, 0.717) is 0 Å². The van der Waals surface area contributed by atoms with Crippen molar-refractivity contribution in [3.8, 4) is 11.1 Å². The molecule has 0 saturated heterocycles. The molecule has 3 aromatic carbocycles. The Hall–Kier alpha value is -2.85. The topological polar surface area (TPSA) is 43.1 Å². The standard InChI is InChI=1S/C23H17NO2S/c25-24(26)17-13-11-16(12-14-17)20-10-5-15-27-23(20)21-8-3-1-6-18(21)19-7-2-4-9-22(19)23/h1-14,20H,15H2. The van der Waals surface area contributed by atoms with Gasteiger partial charge in [-0.25, -0.2) is 0 Å². The zero-order chi connectivity index (χ0) is 18.4. The van der Waals surface area contributed by atoms with Crippen molar-refractivity contribution < 1.29 is 4.92 Å². The number of nitrogens with zero attached hydrogens (tertiary/aromatic N) is 1. The molecule has 1 aliphatic heterocycles. The molecule has 1 spiro atoms. The van der Waals surface area contributed by atoms with Gasteiger partial charge in [0.1, 0.15) is 0 Å². The summed E-state index contributed by atoms with van der Waals surface area (Å²) in [6, 6.07) is 24.3. The Labute approximate surface area is 161 Å². The van der Waals surface area contributed by atoms with Gasteiger partial charge < -0.3 is 0 Å². The van der Waals surface area contributed by atoms with Gasteiger partial charge in [-0.15, -0.1) is 11.8 Å². The van der Waals surface area contributed by atoms with E-state index in [9.17, 15) is 10.1 Å². The monoisotopic (exact) mass is 371 g/mol.